The first kappa shape index (κ1) is 15.9. The zero-order valence-corrected chi connectivity index (χ0v) is 14.9. The van der Waals surface area contributed by atoms with E-state index in [9.17, 15) is 4.79 Å². The van der Waals surface area contributed by atoms with Crippen LogP contribution < -0.4 is 5.43 Å². The lowest BCUT2D eigenvalue weighted by atomic mass is 9.96. The predicted octanol–water partition coefficient (Wildman–Crippen LogP) is 5.42. The van der Waals surface area contributed by atoms with Crippen molar-refractivity contribution < 1.29 is 4.42 Å². The number of nitrogens with one attached hydrogen (secondary N) is 1. The van der Waals surface area contributed by atoms with E-state index >= 15 is 0 Å². The standard InChI is InChI=1S/C20H17ClN2O2/c1-10(2)19-17(12-4-6-13(21)7-5-12)18(24)14-8-9-15-16(20(14)25-19)11(3)22-23-15/h4-10H,1-3H3,(H,22,23). The minimum atomic E-state index is -0.0326. The predicted molar refractivity (Wildman–Crippen MR) is 101 cm³/mol. The van der Waals surface area contributed by atoms with Crippen molar-refractivity contribution >= 4 is 33.5 Å². The zero-order valence-electron chi connectivity index (χ0n) is 14.2. The number of fused-ring (bicyclic) bond motifs is 3. The molecule has 4 rings (SSSR count). The number of halogens is 1. The summed E-state index contributed by atoms with van der Waals surface area (Å²) >= 11 is 5.99. The van der Waals surface area contributed by atoms with E-state index in [-0.39, 0.29) is 11.3 Å². The van der Waals surface area contributed by atoms with Crippen LogP contribution in [0.5, 0.6) is 0 Å². The second-order valence-electron chi connectivity index (χ2n) is 6.52. The summed E-state index contributed by atoms with van der Waals surface area (Å²) in [6, 6.07) is 10.9. The maximum Gasteiger partial charge on any atom is 0.200 e. The fraction of sp³-hybridized carbons (Fsp3) is 0.200. The second kappa shape index (κ2) is 5.74. The third-order valence-electron chi connectivity index (χ3n) is 4.44. The van der Waals surface area contributed by atoms with E-state index in [0.29, 0.717) is 27.3 Å². The zero-order chi connectivity index (χ0) is 17.7. The fourth-order valence-electron chi connectivity index (χ4n) is 3.22. The van der Waals surface area contributed by atoms with Gasteiger partial charge in [0.05, 0.1) is 21.9 Å². The van der Waals surface area contributed by atoms with E-state index < -0.39 is 0 Å². The van der Waals surface area contributed by atoms with Crippen LogP contribution in [0.2, 0.25) is 5.02 Å². The highest BCUT2D eigenvalue weighted by molar-refractivity contribution is 6.30. The minimum Gasteiger partial charge on any atom is -0.459 e. The van der Waals surface area contributed by atoms with Gasteiger partial charge < -0.3 is 4.42 Å². The van der Waals surface area contributed by atoms with Gasteiger partial charge >= 0.3 is 0 Å². The Morgan fingerprint density at radius 2 is 1.84 bits per heavy atom. The molecule has 4 nitrogen and oxygen atoms in total. The lowest BCUT2D eigenvalue weighted by molar-refractivity contribution is 0.514. The van der Waals surface area contributed by atoms with Crippen LogP contribution in [0, 0.1) is 6.92 Å². The number of aromatic nitrogens is 2. The third kappa shape index (κ3) is 2.45. The Labute approximate surface area is 149 Å². The second-order valence-corrected chi connectivity index (χ2v) is 6.95. The Hall–Kier alpha value is -2.59. The van der Waals surface area contributed by atoms with E-state index in [4.69, 9.17) is 16.0 Å². The van der Waals surface area contributed by atoms with Crippen molar-refractivity contribution in [1.82, 2.24) is 10.2 Å². The van der Waals surface area contributed by atoms with Gasteiger partial charge in [0.1, 0.15) is 11.3 Å². The molecule has 5 heteroatoms. The summed E-state index contributed by atoms with van der Waals surface area (Å²) in [5.41, 5.74) is 3.65. The van der Waals surface area contributed by atoms with Crippen molar-refractivity contribution in [2.24, 2.45) is 0 Å². The Morgan fingerprint density at radius 1 is 1.12 bits per heavy atom. The van der Waals surface area contributed by atoms with E-state index in [0.717, 1.165) is 22.2 Å². The average Bonchev–Trinajstić information content (AvgIpc) is 2.97. The number of nitrogens with zero attached hydrogens (tertiary/aromatic N) is 1. The maximum atomic E-state index is 13.3. The van der Waals surface area contributed by atoms with Gasteiger partial charge in [0.15, 0.2) is 0 Å². The van der Waals surface area contributed by atoms with Crippen molar-refractivity contribution in [2.75, 3.05) is 0 Å². The van der Waals surface area contributed by atoms with Gasteiger partial charge in [0, 0.05) is 16.6 Å². The van der Waals surface area contributed by atoms with Gasteiger partial charge in [-0.2, -0.15) is 5.10 Å². The van der Waals surface area contributed by atoms with Gasteiger partial charge in [-0.1, -0.05) is 37.6 Å². The van der Waals surface area contributed by atoms with E-state index in [1.165, 1.54) is 0 Å². The first-order valence-corrected chi connectivity index (χ1v) is 8.55. The molecule has 0 aliphatic carbocycles. The van der Waals surface area contributed by atoms with E-state index in [2.05, 4.69) is 10.2 Å². The number of hydrogen-bond acceptors (Lipinski definition) is 3. The highest BCUT2D eigenvalue weighted by Crippen LogP contribution is 2.33. The van der Waals surface area contributed by atoms with E-state index in [1.807, 2.05) is 39.0 Å². The molecule has 0 aliphatic rings. The van der Waals surface area contributed by atoms with Crippen LogP contribution in [-0.4, -0.2) is 10.2 Å². The number of H-pyrrole nitrogens is 1. The maximum absolute atomic E-state index is 13.3. The van der Waals surface area contributed by atoms with Crippen molar-refractivity contribution in [3.05, 3.63) is 63.1 Å². The molecule has 0 aliphatic heterocycles. The number of aromatic amines is 1. The minimum absolute atomic E-state index is 0.0326. The van der Waals surface area contributed by atoms with Crippen LogP contribution in [0.3, 0.4) is 0 Å². The highest BCUT2D eigenvalue weighted by Gasteiger charge is 2.21. The number of aryl methyl sites for hydroxylation is 1. The van der Waals surface area contributed by atoms with Gasteiger partial charge in [-0.3, -0.25) is 9.89 Å². The first-order valence-electron chi connectivity index (χ1n) is 8.17. The fourth-order valence-corrected chi connectivity index (χ4v) is 3.34. The molecule has 0 atom stereocenters. The molecule has 1 N–H and O–H groups in total. The summed E-state index contributed by atoms with van der Waals surface area (Å²) in [6.07, 6.45) is 0. The molecule has 2 heterocycles. The van der Waals surface area contributed by atoms with Crippen molar-refractivity contribution in [2.45, 2.75) is 26.7 Å². The quantitative estimate of drug-likeness (QED) is 0.524. The summed E-state index contributed by atoms with van der Waals surface area (Å²) in [5, 5.41) is 9.28. The normalized spacial score (nSPS) is 11.7. The van der Waals surface area contributed by atoms with Gasteiger partial charge in [0.25, 0.3) is 0 Å². The molecule has 126 valence electrons. The molecule has 0 amide bonds. The summed E-state index contributed by atoms with van der Waals surface area (Å²) in [5.74, 6) is 0.734. The summed E-state index contributed by atoms with van der Waals surface area (Å²) in [6.45, 7) is 5.97. The Balaban J connectivity index is 2.16. The molecular weight excluding hydrogens is 336 g/mol. The van der Waals surface area contributed by atoms with Crippen LogP contribution >= 0.6 is 11.6 Å². The monoisotopic (exact) mass is 352 g/mol. The largest absolute Gasteiger partial charge is 0.459 e. The van der Waals surface area contributed by atoms with Crippen LogP contribution in [0.4, 0.5) is 0 Å². The molecule has 4 aromatic rings. The van der Waals surface area contributed by atoms with Crippen LogP contribution in [-0.2, 0) is 0 Å². The highest BCUT2D eigenvalue weighted by atomic mass is 35.5. The lowest BCUT2D eigenvalue weighted by Gasteiger charge is -2.13. The first-order chi connectivity index (χ1) is 12.0. The molecule has 0 spiro atoms. The van der Waals surface area contributed by atoms with Crippen molar-refractivity contribution in [1.29, 1.82) is 0 Å². The summed E-state index contributed by atoms with van der Waals surface area (Å²) < 4.78 is 6.28. The topological polar surface area (TPSA) is 58.9 Å². The SMILES string of the molecule is Cc1[nH]nc2ccc3c(=O)c(-c4ccc(Cl)cc4)c(C(C)C)oc3c12. The molecule has 0 saturated carbocycles. The molecule has 0 fully saturated rings. The molecule has 0 saturated heterocycles. The van der Waals surface area contributed by atoms with Crippen LogP contribution in [0.1, 0.15) is 31.2 Å². The van der Waals surface area contributed by atoms with Crippen molar-refractivity contribution in [3.63, 3.8) is 0 Å². The van der Waals surface area contributed by atoms with Crippen LogP contribution in [0.15, 0.2) is 45.6 Å². The van der Waals surface area contributed by atoms with Gasteiger partial charge in [-0.05, 0) is 36.8 Å². The van der Waals surface area contributed by atoms with Crippen LogP contribution in [0.25, 0.3) is 33.0 Å². The third-order valence-corrected chi connectivity index (χ3v) is 4.69. The summed E-state index contributed by atoms with van der Waals surface area (Å²) in [7, 11) is 0. The van der Waals surface area contributed by atoms with Crippen molar-refractivity contribution in [3.8, 4) is 11.1 Å². The van der Waals surface area contributed by atoms with Gasteiger partial charge in [-0.25, -0.2) is 0 Å². The van der Waals surface area contributed by atoms with E-state index in [1.54, 1.807) is 18.2 Å². The molecule has 0 radical (unpaired) electrons. The smallest absolute Gasteiger partial charge is 0.200 e. The molecule has 2 aromatic carbocycles. The number of benzene rings is 2. The lowest BCUT2D eigenvalue weighted by Crippen LogP contribution is -2.10. The van der Waals surface area contributed by atoms with Gasteiger partial charge in [0.2, 0.25) is 5.43 Å². The molecule has 25 heavy (non-hydrogen) atoms. The molecule has 0 unspecified atom stereocenters. The van der Waals surface area contributed by atoms with Gasteiger partial charge in [-0.15, -0.1) is 0 Å². The Kier molecular flexibility index (Phi) is 3.65. The molecular formula is C20H17ClN2O2. The Morgan fingerprint density at radius 3 is 2.52 bits per heavy atom. The Bertz CT molecular complexity index is 1150. The molecule has 0 bridgehead atoms. The molecule has 2 aromatic heterocycles. The number of hydrogen-bond donors (Lipinski definition) is 1. The number of rotatable bonds is 2. The summed E-state index contributed by atoms with van der Waals surface area (Å²) in [4.78, 5) is 13.3. The average molecular weight is 353 g/mol.